The predicted octanol–water partition coefficient (Wildman–Crippen LogP) is 3.25. The number of aromatic nitrogens is 1. The molecule has 0 aliphatic rings. The fourth-order valence-corrected chi connectivity index (χ4v) is 1.51. The Morgan fingerprint density at radius 3 is 2.47 bits per heavy atom. The first-order chi connectivity index (χ1) is 7.88. The molecule has 2 rings (SSSR count). The lowest BCUT2D eigenvalue weighted by molar-refractivity contribution is -0.155. The SMILES string of the molecule is Cc1cc(N)ccc1-c1cc(C(F)(F)F)on1. The molecule has 1 heterocycles. The molecule has 6 heteroatoms. The van der Waals surface area contributed by atoms with Crippen LogP contribution in [0.15, 0.2) is 28.8 Å². The predicted molar refractivity (Wildman–Crippen MR) is 56.1 cm³/mol. The van der Waals surface area contributed by atoms with Crippen molar-refractivity contribution in [3.8, 4) is 11.3 Å². The smallest absolute Gasteiger partial charge is 0.399 e. The minimum absolute atomic E-state index is 0.148. The first-order valence-corrected chi connectivity index (χ1v) is 4.78. The molecule has 0 aliphatic carbocycles. The highest BCUT2D eigenvalue weighted by atomic mass is 19.4. The zero-order valence-electron chi connectivity index (χ0n) is 8.88. The third-order valence-corrected chi connectivity index (χ3v) is 2.32. The number of alkyl halides is 3. The lowest BCUT2D eigenvalue weighted by atomic mass is 10.0. The van der Waals surface area contributed by atoms with Gasteiger partial charge < -0.3 is 10.3 Å². The van der Waals surface area contributed by atoms with E-state index in [-0.39, 0.29) is 5.69 Å². The Bertz CT molecular complexity index is 546. The molecule has 17 heavy (non-hydrogen) atoms. The molecule has 0 aliphatic heterocycles. The van der Waals surface area contributed by atoms with Crippen molar-refractivity contribution in [1.82, 2.24) is 5.16 Å². The van der Waals surface area contributed by atoms with Crippen molar-refractivity contribution in [2.45, 2.75) is 13.1 Å². The molecule has 2 aromatic rings. The van der Waals surface area contributed by atoms with Gasteiger partial charge in [0.1, 0.15) is 5.69 Å². The van der Waals surface area contributed by atoms with Gasteiger partial charge in [-0.3, -0.25) is 0 Å². The summed E-state index contributed by atoms with van der Waals surface area (Å²) in [5.74, 6) is -1.11. The third-order valence-electron chi connectivity index (χ3n) is 2.32. The zero-order chi connectivity index (χ0) is 12.6. The van der Waals surface area contributed by atoms with Crippen molar-refractivity contribution >= 4 is 5.69 Å². The maximum Gasteiger partial charge on any atom is 0.452 e. The van der Waals surface area contributed by atoms with E-state index in [2.05, 4.69) is 9.68 Å². The van der Waals surface area contributed by atoms with Crippen LogP contribution >= 0.6 is 0 Å². The number of nitrogens with zero attached hydrogens (tertiary/aromatic N) is 1. The average molecular weight is 242 g/mol. The fourth-order valence-electron chi connectivity index (χ4n) is 1.51. The number of nitrogen functional groups attached to an aromatic ring is 1. The Balaban J connectivity index is 2.44. The number of halogens is 3. The second-order valence-corrected chi connectivity index (χ2v) is 3.65. The molecule has 0 bridgehead atoms. The van der Waals surface area contributed by atoms with Crippen molar-refractivity contribution in [1.29, 1.82) is 0 Å². The Labute approximate surface area is 95.0 Å². The van der Waals surface area contributed by atoms with Gasteiger partial charge in [0, 0.05) is 17.3 Å². The van der Waals surface area contributed by atoms with Crippen LogP contribution in [0.3, 0.4) is 0 Å². The number of hydrogen-bond donors (Lipinski definition) is 1. The van der Waals surface area contributed by atoms with Crippen LogP contribution in [-0.4, -0.2) is 5.16 Å². The van der Waals surface area contributed by atoms with Crippen LogP contribution in [0.5, 0.6) is 0 Å². The topological polar surface area (TPSA) is 52.0 Å². The second-order valence-electron chi connectivity index (χ2n) is 3.65. The van der Waals surface area contributed by atoms with E-state index in [4.69, 9.17) is 5.73 Å². The van der Waals surface area contributed by atoms with Crippen molar-refractivity contribution in [3.05, 3.63) is 35.6 Å². The zero-order valence-corrected chi connectivity index (χ0v) is 8.88. The highest BCUT2D eigenvalue weighted by Crippen LogP contribution is 2.33. The van der Waals surface area contributed by atoms with Crippen LogP contribution in [0.4, 0.5) is 18.9 Å². The summed E-state index contributed by atoms with van der Waals surface area (Å²) >= 11 is 0. The van der Waals surface area contributed by atoms with Gasteiger partial charge >= 0.3 is 6.18 Å². The molecule has 0 unspecified atom stereocenters. The van der Waals surface area contributed by atoms with E-state index in [9.17, 15) is 13.2 Å². The van der Waals surface area contributed by atoms with Crippen LogP contribution in [-0.2, 0) is 6.18 Å². The molecule has 2 N–H and O–H groups in total. The number of anilines is 1. The molecule has 0 radical (unpaired) electrons. The highest BCUT2D eigenvalue weighted by Gasteiger charge is 2.36. The summed E-state index contributed by atoms with van der Waals surface area (Å²) in [6.07, 6.45) is -4.52. The lowest BCUT2D eigenvalue weighted by Crippen LogP contribution is -2.02. The van der Waals surface area contributed by atoms with Gasteiger partial charge in [0.05, 0.1) is 0 Å². The largest absolute Gasteiger partial charge is 0.452 e. The third kappa shape index (κ3) is 2.25. The molecule has 0 saturated carbocycles. The molecule has 0 fully saturated rings. The maximum atomic E-state index is 12.3. The van der Waals surface area contributed by atoms with Gasteiger partial charge in [-0.2, -0.15) is 13.2 Å². The number of benzene rings is 1. The van der Waals surface area contributed by atoms with Crippen LogP contribution < -0.4 is 5.73 Å². The quantitative estimate of drug-likeness (QED) is 0.781. The number of hydrogen-bond acceptors (Lipinski definition) is 3. The van der Waals surface area contributed by atoms with E-state index in [0.717, 1.165) is 11.6 Å². The van der Waals surface area contributed by atoms with Crippen molar-refractivity contribution in [2.75, 3.05) is 5.73 Å². The Hall–Kier alpha value is -1.98. The number of nitrogens with two attached hydrogens (primary N) is 1. The van der Waals surface area contributed by atoms with E-state index in [0.29, 0.717) is 11.3 Å². The molecular formula is C11H9F3N2O. The molecule has 90 valence electrons. The van der Waals surface area contributed by atoms with Gasteiger partial charge in [-0.1, -0.05) is 11.2 Å². The van der Waals surface area contributed by atoms with Gasteiger partial charge in [-0.25, -0.2) is 0 Å². The molecule has 0 amide bonds. The summed E-state index contributed by atoms with van der Waals surface area (Å²) in [4.78, 5) is 0. The van der Waals surface area contributed by atoms with Crippen molar-refractivity contribution in [3.63, 3.8) is 0 Å². The highest BCUT2D eigenvalue weighted by molar-refractivity contribution is 5.66. The molecule has 0 atom stereocenters. The van der Waals surface area contributed by atoms with Crippen molar-refractivity contribution in [2.24, 2.45) is 0 Å². The molecular weight excluding hydrogens is 233 g/mol. The summed E-state index contributed by atoms with van der Waals surface area (Å²) in [5.41, 5.74) is 7.56. The standard InChI is InChI=1S/C11H9F3N2O/c1-6-4-7(15)2-3-8(6)9-5-10(17-16-9)11(12,13)14/h2-5H,15H2,1H3. The van der Waals surface area contributed by atoms with E-state index in [1.54, 1.807) is 25.1 Å². The summed E-state index contributed by atoms with van der Waals surface area (Å²) in [6.45, 7) is 1.74. The fraction of sp³-hybridized carbons (Fsp3) is 0.182. The second kappa shape index (κ2) is 3.80. The number of rotatable bonds is 1. The van der Waals surface area contributed by atoms with Gasteiger partial charge in [0.25, 0.3) is 0 Å². The number of aryl methyl sites for hydroxylation is 1. The normalized spacial score (nSPS) is 11.8. The average Bonchev–Trinajstić information content (AvgIpc) is 2.65. The van der Waals surface area contributed by atoms with Gasteiger partial charge in [-0.05, 0) is 24.6 Å². The Kier molecular flexibility index (Phi) is 2.57. The van der Waals surface area contributed by atoms with Gasteiger partial charge in [-0.15, -0.1) is 0 Å². The molecule has 0 saturated heterocycles. The first-order valence-electron chi connectivity index (χ1n) is 4.78. The van der Waals surface area contributed by atoms with Crippen LogP contribution in [0.2, 0.25) is 0 Å². The van der Waals surface area contributed by atoms with E-state index in [1.165, 1.54) is 0 Å². The minimum Gasteiger partial charge on any atom is -0.399 e. The summed E-state index contributed by atoms with van der Waals surface area (Å²) in [5, 5.41) is 3.41. The lowest BCUT2D eigenvalue weighted by Gasteiger charge is -2.02. The van der Waals surface area contributed by atoms with Crippen LogP contribution in [0.1, 0.15) is 11.3 Å². The monoisotopic (exact) mass is 242 g/mol. The van der Waals surface area contributed by atoms with Gasteiger partial charge in [0.15, 0.2) is 0 Å². The molecule has 1 aromatic heterocycles. The summed E-state index contributed by atoms with van der Waals surface area (Å²) in [7, 11) is 0. The molecule has 3 nitrogen and oxygen atoms in total. The van der Waals surface area contributed by atoms with Crippen LogP contribution in [0, 0.1) is 6.92 Å². The Morgan fingerprint density at radius 1 is 1.24 bits per heavy atom. The van der Waals surface area contributed by atoms with E-state index < -0.39 is 11.9 Å². The first kappa shape index (κ1) is 11.5. The van der Waals surface area contributed by atoms with Gasteiger partial charge in [0.2, 0.25) is 5.76 Å². The maximum absolute atomic E-state index is 12.3. The van der Waals surface area contributed by atoms with E-state index in [1.807, 2.05) is 0 Å². The molecule has 1 aromatic carbocycles. The Morgan fingerprint density at radius 2 is 1.94 bits per heavy atom. The van der Waals surface area contributed by atoms with E-state index >= 15 is 0 Å². The summed E-state index contributed by atoms with van der Waals surface area (Å²) < 4.78 is 41.2. The van der Waals surface area contributed by atoms with Crippen molar-refractivity contribution < 1.29 is 17.7 Å². The summed E-state index contributed by atoms with van der Waals surface area (Å²) in [6, 6.07) is 5.75. The minimum atomic E-state index is -4.52. The van der Waals surface area contributed by atoms with Crippen LogP contribution in [0.25, 0.3) is 11.3 Å². The molecule has 0 spiro atoms.